The molecule has 102 N–H and O–H groups in total. The molecule has 0 aromatic heterocycles. The molecule has 438 valence electrons. The molecule has 0 radical (unpaired) electrons. The minimum absolute atomic E-state index is 0. The van der Waals surface area contributed by atoms with Crippen LogP contribution in [0, 0.1) is 0 Å². The zero-order valence-electron chi connectivity index (χ0n) is 32.3. The van der Waals surface area contributed by atoms with Crippen molar-refractivity contribution in [1.29, 1.82) is 0 Å². The summed E-state index contributed by atoms with van der Waals surface area (Å²) in [5, 5.41) is 0. The van der Waals surface area contributed by atoms with Crippen LogP contribution < -0.4 is 61.5 Å². The second-order valence-electron chi connectivity index (χ2n) is 0. The predicted molar refractivity (Wildman–Crippen MR) is 191 cm³/mol. The summed E-state index contributed by atoms with van der Waals surface area (Å²) >= 11 is 0. The van der Waals surface area contributed by atoms with Gasteiger partial charge in [0.15, 0.2) is 0 Å². The quantitative estimate of drug-likeness (QED) is 0.0807. The van der Waals surface area contributed by atoms with Crippen LogP contribution in [0.4, 0.5) is 0 Å². The molecule has 0 bridgehead atoms. The maximum absolute atomic E-state index is 0. The molecule has 0 saturated carbocycles. The van der Waals surface area contributed by atoms with E-state index in [-0.39, 0.29) is 536 Å². The van der Waals surface area contributed by atoms with Crippen LogP contribution in [0.1, 0.15) is 0 Å². The predicted octanol–water partition coefficient (Wildman–Crippen LogP) is -28.0. The zero-order chi connectivity index (χ0) is 0. The van der Waals surface area contributed by atoms with Crippen molar-refractivity contribution in [2.45, 2.75) is 0 Å². The summed E-state index contributed by atoms with van der Waals surface area (Å²) in [6, 6.07) is 0. The first-order valence-electron chi connectivity index (χ1n) is 0. The van der Waals surface area contributed by atoms with Gasteiger partial charge in [0.2, 0.25) is 0 Å². The Bertz CT molecular complexity index is 98.5. The summed E-state index contributed by atoms with van der Waals surface area (Å²) in [7, 11) is 0. The number of hydrogen-bond acceptors (Lipinski definition) is 10. The van der Waals surface area contributed by atoms with E-state index in [1.165, 1.54) is 0 Å². The Balaban J connectivity index is 0. The molecule has 0 aliphatic carbocycles. The molecular weight excluding hydrogens is 2660 g/mol. The minimum atomic E-state index is 0. The van der Waals surface area contributed by atoms with Crippen LogP contribution >= 0.6 is 9.90 Å². The van der Waals surface area contributed by atoms with Gasteiger partial charge >= 0.3 is 0 Å². The van der Waals surface area contributed by atoms with E-state index < -0.39 is 0 Å². The molecule has 1 unspecified atom stereocenters. The number of hydrogen-bond donors (Lipinski definition) is 10. The van der Waals surface area contributed by atoms with E-state index in [2.05, 4.69) is 0 Å². The third-order valence-corrected chi connectivity index (χ3v) is 0. The normalized spacial score (nSPS) is 0. The van der Waals surface area contributed by atoms with Gasteiger partial charge in [0.05, 0.1) is 0 Å². The van der Waals surface area contributed by atoms with Gasteiger partial charge in [0, 0.05) is 267 Å². The Morgan fingerprint density at radius 1 is 0.0833 bits per heavy atom. The Morgan fingerprint density at radius 2 is 0.0833 bits per heavy atom. The summed E-state index contributed by atoms with van der Waals surface area (Å²) < 4.78 is 0. The molecule has 0 fully saturated rings. The molecule has 0 heterocycles. The van der Waals surface area contributed by atoms with Crippen LogP contribution in [-0.4, -0.2) is 197 Å². The Labute approximate surface area is 529 Å². The van der Waals surface area contributed by atoms with E-state index in [9.17, 15) is 0 Å². The van der Waals surface area contributed by atoms with Crippen molar-refractivity contribution < 1.29 is 465 Å². The van der Waals surface area contributed by atoms with Crippen molar-refractivity contribution in [3.8, 4) is 0 Å². The average molecular weight is 2770 g/mol. The third kappa shape index (κ3) is 5090. The molecule has 0 amide bonds. The Kier molecular flexibility index (Phi) is 496000. The second kappa shape index (κ2) is 5330. The molecule has 0 saturated heterocycles. The Hall–Kier alpha value is 7.28. The van der Waals surface area contributed by atoms with Crippen LogP contribution in [-0.2, 0) is 267 Å². The summed E-state index contributed by atoms with van der Waals surface area (Å²) in [5.41, 5.74) is 0. The molecular formula is H105N10O36PW9Zn4. The fraction of sp³-hybridized carbons (Fsp3) is 0. The van der Waals surface area contributed by atoms with Gasteiger partial charge in [0.1, 0.15) is 0 Å². The first kappa shape index (κ1) is 5580. The van der Waals surface area contributed by atoms with E-state index in [0.717, 1.165) is 0 Å². The van der Waals surface area contributed by atoms with Crippen molar-refractivity contribution >= 4 is 9.90 Å². The summed E-state index contributed by atoms with van der Waals surface area (Å²) in [5.74, 6) is 0. The first-order chi connectivity index (χ1) is 0. The zero-order valence-corrected chi connectivity index (χ0v) is 72.0. The van der Waals surface area contributed by atoms with E-state index >= 15 is 0 Å². The topological polar surface area (TPSA) is 1480 Å². The Morgan fingerprint density at radius 3 is 0.0833 bits per heavy atom. The van der Waals surface area contributed by atoms with Crippen LogP contribution in [0.3, 0.4) is 0 Å². The maximum Gasteiger partial charge on any atom is 0 e. The second-order valence-corrected chi connectivity index (χ2v) is 0. The number of rotatable bonds is 0. The van der Waals surface area contributed by atoms with Crippen LogP contribution in [0.5, 0.6) is 0 Å². The van der Waals surface area contributed by atoms with Gasteiger partial charge in [-0.25, -0.2) is 0 Å². The maximum atomic E-state index is 0. The summed E-state index contributed by atoms with van der Waals surface area (Å²) in [4.78, 5) is 0. The summed E-state index contributed by atoms with van der Waals surface area (Å²) in [6.07, 6.45) is 0. The van der Waals surface area contributed by atoms with Gasteiger partial charge in [-0.2, -0.15) is 9.90 Å². The smallest absolute Gasteiger partial charge is 0 e. The monoisotopic (exact) mass is 2760 g/mol. The van der Waals surface area contributed by atoms with Crippen LogP contribution in [0.15, 0.2) is 0 Å². The van der Waals surface area contributed by atoms with E-state index in [0.29, 0.717) is 0 Å². The fourth-order valence-corrected chi connectivity index (χ4v) is 0. The van der Waals surface area contributed by atoms with Gasteiger partial charge < -0.3 is 259 Å². The molecule has 0 spiro atoms. The van der Waals surface area contributed by atoms with Crippen molar-refractivity contribution in [2.75, 3.05) is 0 Å². The van der Waals surface area contributed by atoms with E-state index in [4.69, 9.17) is 0 Å². The molecule has 0 aliphatic heterocycles. The minimum Gasteiger partial charge on any atom is -0.412 e. The average Bonchev–Trinajstić information content (AvgIpc) is 0. The largest absolute Gasteiger partial charge is 0.412 e. The SMILES string of the molecule is N.N.N.N.N.N.N.N.N.N.O.O.O.O.O.O.O.O.O.O.O.O.O.O.O.O.O.O.O.O.O.O.O.O.O.O.O.O.O.O.O.O.O.O.O.O.P.[W].[W].[W].[W].[W].[W].[W].[W].[W].[Zn].[Zn].[Zn].[Zn]. The van der Waals surface area contributed by atoms with Gasteiger partial charge in [-0.05, 0) is 0 Å². The van der Waals surface area contributed by atoms with Gasteiger partial charge in [-0.3, -0.25) is 0 Å². The van der Waals surface area contributed by atoms with E-state index in [1.807, 2.05) is 0 Å². The fourth-order valence-electron chi connectivity index (χ4n) is 0. The molecule has 60 heteroatoms. The molecule has 0 aromatic rings. The molecule has 0 aliphatic rings. The first-order valence-corrected chi connectivity index (χ1v) is 0. The standard InChI is InChI=1S/10H3N.36H2O.H3P.9W.4Zn/h10*1H3;36*1H2;1H3;;;;;;;;;;;;;. The third-order valence-electron chi connectivity index (χ3n) is 0. The van der Waals surface area contributed by atoms with Crippen molar-refractivity contribution in [1.82, 2.24) is 61.5 Å². The van der Waals surface area contributed by atoms with Gasteiger partial charge in [-0.1, -0.05) is 0 Å². The van der Waals surface area contributed by atoms with Gasteiger partial charge in [-0.15, -0.1) is 0 Å². The molecule has 46 nitrogen and oxygen atoms in total. The van der Waals surface area contributed by atoms with E-state index in [1.54, 1.807) is 0 Å². The molecule has 60 heavy (non-hydrogen) atoms. The van der Waals surface area contributed by atoms with Crippen LogP contribution in [0.2, 0.25) is 0 Å². The molecule has 1 atom stereocenters. The van der Waals surface area contributed by atoms with Crippen molar-refractivity contribution in [3.63, 3.8) is 0 Å². The van der Waals surface area contributed by atoms with Crippen molar-refractivity contribution in [3.05, 3.63) is 0 Å². The summed E-state index contributed by atoms with van der Waals surface area (Å²) in [6.45, 7) is 0. The molecule has 0 rings (SSSR count). The van der Waals surface area contributed by atoms with Crippen LogP contribution in [0.25, 0.3) is 0 Å². The molecule has 0 aromatic carbocycles. The van der Waals surface area contributed by atoms with Crippen molar-refractivity contribution in [2.24, 2.45) is 0 Å². The van der Waals surface area contributed by atoms with Gasteiger partial charge in [0.25, 0.3) is 0 Å².